The van der Waals surface area contributed by atoms with Gasteiger partial charge in [0.05, 0.1) is 15.5 Å². The molecule has 0 aliphatic rings. The highest BCUT2D eigenvalue weighted by Crippen LogP contribution is 2.40. The van der Waals surface area contributed by atoms with Crippen LogP contribution >= 0.6 is 34.5 Å². The van der Waals surface area contributed by atoms with Crippen LogP contribution in [0.15, 0.2) is 77.8 Å². The second-order valence-electron chi connectivity index (χ2n) is 6.26. The number of benzene rings is 3. The van der Waals surface area contributed by atoms with Crippen LogP contribution in [0.3, 0.4) is 0 Å². The molecule has 0 saturated carbocycles. The molecule has 0 radical (unpaired) electrons. The van der Waals surface area contributed by atoms with Crippen molar-refractivity contribution in [1.82, 2.24) is 4.98 Å². The first-order chi connectivity index (χ1) is 14.5. The van der Waals surface area contributed by atoms with Crippen molar-refractivity contribution in [2.45, 2.75) is 0 Å². The Morgan fingerprint density at radius 3 is 2.27 bits per heavy atom. The van der Waals surface area contributed by atoms with Crippen LogP contribution in [0.2, 0.25) is 10.0 Å². The largest absolute Gasteiger partial charge is 0.269 e. The Kier molecular flexibility index (Phi) is 5.90. The third-order valence-electron chi connectivity index (χ3n) is 4.29. The first-order valence-corrected chi connectivity index (χ1v) is 10.4. The molecule has 0 N–H and O–H groups in total. The molecule has 0 aliphatic carbocycles. The maximum Gasteiger partial charge on any atom is 0.269 e. The first kappa shape index (κ1) is 20.2. The number of aliphatic imine (C=N–C) groups is 1. The van der Waals surface area contributed by atoms with Gasteiger partial charge in [0, 0.05) is 39.5 Å². The Morgan fingerprint density at radius 2 is 1.60 bits per heavy atom. The lowest BCUT2D eigenvalue weighted by Gasteiger charge is -2.03. The van der Waals surface area contributed by atoms with Crippen molar-refractivity contribution in [2.24, 2.45) is 4.99 Å². The van der Waals surface area contributed by atoms with Gasteiger partial charge in [0.25, 0.3) is 5.69 Å². The van der Waals surface area contributed by atoms with E-state index in [1.807, 2.05) is 30.3 Å². The average molecular weight is 454 g/mol. The van der Waals surface area contributed by atoms with Crippen LogP contribution in [0.5, 0.6) is 0 Å². The fourth-order valence-electron chi connectivity index (χ4n) is 2.80. The van der Waals surface area contributed by atoms with Crippen molar-refractivity contribution in [3.05, 3.63) is 98.5 Å². The van der Waals surface area contributed by atoms with Crippen molar-refractivity contribution in [1.29, 1.82) is 0 Å². The zero-order valence-electron chi connectivity index (χ0n) is 15.3. The van der Waals surface area contributed by atoms with Crippen LogP contribution in [0.25, 0.3) is 21.7 Å². The highest BCUT2D eigenvalue weighted by molar-refractivity contribution is 7.19. The Labute approximate surface area is 186 Å². The molecule has 1 aromatic heterocycles. The number of nitro groups is 1. The molecule has 0 amide bonds. The van der Waals surface area contributed by atoms with E-state index in [1.165, 1.54) is 23.5 Å². The third-order valence-corrected chi connectivity index (χ3v) is 5.90. The molecule has 0 saturated heterocycles. The topological polar surface area (TPSA) is 68.4 Å². The summed E-state index contributed by atoms with van der Waals surface area (Å²) >= 11 is 13.6. The maximum atomic E-state index is 11.0. The Hall–Kier alpha value is -3.06. The zero-order chi connectivity index (χ0) is 21.1. The fraction of sp³-hybridized carbons (Fsp3) is 0. The van der Waals surface area contributed by atoms with Gasteiger partial charge in [-0.25, -0.2) is 9.98 Å². The van der Waals surface area contributed by atoms with E-state index in [0.717, 1.165) is 27.3 Å². The predicted molar refractivity (Wildman–Crippen MR) is 123 cm³/mol. The molecule has 30 heavy (non-hydrogen) atoms. The number of thiazole rings is 1. The van der Waals surface area contributed by atoms with E-state index in [1.54, 1.807) is 36.5 Å². The molecular formula is C22H13Cl2N3O2S. The lowest BCUT2D eigenvalue weighted by molar-refractivity contribution is -0.384. The fourth-order valence-corrected chi connectivity index (χ4v) is 4.05. The minimum absolute atomic E-state index is 0.0354. The van der Waals surface area contributed by atoms with Gasteiger partial charge in [-0.3, -0.25) is 10.1 Å². The summed E-state index contributed by atoms with van der Waals surface area (Å²) in [5.74, 6) is 0. The molecule has 8 heteroatoms. The number of halogens is 2. The van der Waals surface area contributed by atoms with Crippen molar-refractivity contribution in [2.75, 3.05) is 0 Å². The average Bonchev–Trinajstić information content (AvgIpc) is 3.18. The number of hydrogen-bond donors (Lipinski definition) is 0. The molecule has 0 aliphatic heterocycles. The summed E-state index contributed by atoms with van der Waals surface area (Å²) in [7, 11) is 0. The molecule has 0 bridgehead atoms. The maximum absolute atomic E-state index is 11.0. The number of hydrogen-bond acceptors (Lipinski definition) is 5. The zero-order valence-corrected chi connectivity index (χ0v) is 17.7. The van der Waals surface area contributed by atoms with Crippen molar-refractivity contribution >= 4 is 51.6 Å². The highest BCUT2D eigenvalue weighted by atomic mass is 35.5. The minimum Gasteiger partial charge on any atom is -0.258 e. The summed E-state index contributed by atoms with van der Waals surface area (Å²) in [6, 6.07) is 21.2. The van der Waals surface area contributed by atoms with Crippen molar-refractivity contribution in [3.8, 4) is 21.7 Å². The van der Waals surface area contributed by atoms with Crippen molar-refractivity contribution in [3.63, 3.8) is 0 Å². The lowest BCUT2D eigenvalue weighted by atomic mass is 10.1. The molecule has 0 spiro atoms. The van der Waals surface area contributed by atoms with Gasteiger partial charge in [-0.05, 0) is 35.9 Å². The van der Waals surface area contributed by atoms with Gasteiger partial charge in [-0.2, -0.15) is 0 Å². The van der Waals surface area contributed by atoms with Crippen LogP contribution in [0.4, 0.5) is 10.8 Å². The quantitative estimate of drug-likeness (QED) is 0.179. The summed E-state index contributed by atoms with van der Waals surface area (Å²) < 4.78 is 0. The summed E-state index contributed by atoms with van der Waals surface area (Å²) in [5, 5.41) is 12.8. The van der Waals surface area contributed by atoms with Gasteiger partial charge in [0.2, 0.25) is 5.13 Å². The van der Waals surface area contributed by atoms with E-state index < -0.39 is 4.92 Å². The molecule has 3 aromatic carbocycles. The van der Waals surface area contributed by atoms with E-state index in [9.17, 15) is 10.1 Å². The van der Waals surface area contributed by atoms with E-state index in [-0.39, 0.29) is 5.69 Å². The number of aromatic nitrogens is 1. The molecule has 0 atom stereocenters. The molecule has 4 rings (SSSR count). The van der Waals surface area contributed by atoms with Crippen molar-refractivity contribution < 1.29 is 4.92 Å². The van der Waals surface area contributed by atoms with Crippen LogP contribution < -0.4 is 0 Å². The summed E-state index contributed by atoms with van der Waals surface area (Å²) in [5.41, 5.74) is 3.26. The number of rotatable bonds is 5. The highest BCUT2D eigenvalue weighted by Gasteiger charge is 2.16. The van der Waals surface area contributed by atoms with E-state index >= 15 is 0 Å². The Bertz CT molecular complexity index is 1240. The molecule has 5 nitrogen and oxygen atoms in total. The summed E-state index contributed by atoms with van der Waals surface area (Å²) in [6.45, 7) is 0. The molecule has 4 aromatic rings. The van der Waals surface area contributed by atoms with E-state index in [0.29, 0.717) is 15.2 Å². The lowest BCUT2D eigenvalue weighted by Crippen LogP contribution is -1.87. The minimum atomic E-state index is -0.421. The first-order valence-electron chi connectivity index (χ1n) is 8.81. The summed E-state index contributed by atoms with van der Waals surface area (Å²) in [6.07, 6.45) is 1.67. The Morgan fingerprint density at radius 1 is 0.933 bits per heavy atom. The molecule has 1 heterocycles. The normalized spacial score (nSPS) is 11.1. The molecule has 148 valence electrons. The van der Waals surface area contributed by atoms with Crippen LogP contribution in [-0.2, 0) is 0 Å². The van der Waals surface area contributed by atoms with Gasteiger partial charge in [-0.15, -0.1) is 0 Å². The molecule has 0 unspecified atom stereocenters. The monoisotopic (exact) mass is 453 g/mol. The second kappa shape index (κ2) is 8.75. The molecule has 0 fully saturated rings. The van der Waals surface area contributed by atoms with Gasteiger partial charge >= 0.3 is 0 Å². The smallest absolute Gasteiger partial charge is 0.258 e. The molecular weight excluding hydrogens is 441 g/mol. The number of nitro benzene ring substituents is 1. The third kappa shape index (κ3) is 4.41. The van der Waals surface area contributed by atoms with Crippen LogP contribution in [0.1, 0.15) is 5.56 Å². The summed E-state index contributed by atoms with van der Waals surface area (Å²) in [4.78, 5) is 20.6. The van der Waals surface area contributed by atoms with Crippen LogP contribution in [0, 0.1) is 10.1 Å². The Balaban J connectivity index is 1.78. The SMILES string of the molecule is O=[N+]([O-])c1ccc(-c2sc(N=Cc3ccccc3Cl)nc2-c2ccc(Cl)cc2)cc1. The number of nitrogens with zero attached hydrogens (tertiary/aromatic N) is 3. The van der Waals surface area contributed by atoms with Gasteiger partial charge in [0.15, 0.2) is 0 Å². The standard InChI is InChI=1S/C22H13Cl2N3O2S/c23-17-9-5-14(6-10-17)20-21(15-7-11-18(12-8-15)27(28)29)30-22(26-20)25-13-16-3-1-2-4-19(16)24/h1-13H. The van der Waals surface area contributed by atoms with E-state index in [2.05, 4.69) is 9.98 Å². The predicted octanol–water partition coefficient (Wildman–Crippen LogP) is 7.44. The number of non-ortho nitro benzene ring substituents is 1. The second-order valence-corrected chi connectivity index (χ2v) is 8.09. The van der Waals surface area contributed by atoms with E-state index in [4.69, 9.17) is 23.2 Å². The van der Waals surface area contributed by atoms with Gasteiger partial charge in [0.1, 0.15) is 0 Å². The van der Waals surface area contributed by atoms with Crippen LogP contribution in [-0.4, -0.2) is 16.1 Å². The van der Waals surface area contributed by atoms with Gasteiger partial charge in [-0.1, -0.05) is 64.9 Å². The van der Waals surface area contributed by atoms with Gasteiger partial charge < -0.3 is 0 Å².